The maximum absolute atomic E-state index is 11.1. The highest BCUT2D eigenvalue weighted by molar-refractivity contribution is 7.15. The number of hydrogen-bond donors (Lipinski definition) is 1. The molecule has 100 valence electrons. The van der Waals surface area contributed by atoms with E-state index in [1.54, 1.807) is 6.92 Å². The standard InChI is InChI=1S/C14H15NO3S/c1-3-8-18-11-6-4-10(5-7-11)13-12(14(16)17)15-9(2)19-13/h4-7H,3,8H2,1-2H3,(H,16,17). The fourth-order valence-corrected chi connectivity index (χ4v) is 2.61. The molecule has 1 N–H and O–H groups in total. The number of aromatic nitrogens is 1. The molecule has 0 amide bonds. The van der Waals surface area contributed by atoms with E-state index in [-0.39, 0.29) is 5.69 Å². The van der Waals surface area contributed by atoms with E-state index < -0.39 is 5.97 Å². The second-order valence-corrected chi connectivity index (χ2v) is 5.29. The van der Waals surface area contributed by atoms with Crippen LogP contribution in [0, 0.1) is 6.92 Å². The van der Waals surface area contributed by atoms with Gasteiger partial charge in [-0.2, -0.15) is 0 Å². The SMILES string of the molecule is CCCOc1ccc(-c2sc(C)nc2C(=O)O)cc1. The van der Waals surface area contributed by atoms with Crippen molar-refractivity contribution in [3.8, 4) is 16.2 Å². The summed E-state index contributed by atoms with van der Waals surface area (Å²) in [5.41, 5.74) is 0.969. The number of nitrogens with zero attached hydrogens (tertiary/aromatic N) is 1. The summed E-state index contributed by atoms with van der Waals surface area (Å²) in [5.74, 6) is -0.200. The molecule has 5 heteroatoms. The van der Waals surface area contributed by atoms with E-state index in [1.165, 1.54) is 11.3 Å². The molecule has 0 saturated carbocycles. The van der Waals surface area contributed by atoms with Crippen LogP contribution in [0.3, 0.4) is 0 Å². The predicted molar refractivity (Wildman–Crippen MR) is 75.0 cm³/mol. The van der Waals surface area contributed by atoms with Gasteiger partial charge in [0.2, 0.25) is 0 Å². The van der Waals surface area contributed by atoms with Gasteiger partial charge in [-0.3, -0.25) is 0 Å². The molecule has 1 aromatic carbocycles. The van der Waals surface area contributed by atoms with E-state index in [0.29, 0.717) is 11.5 Å². The number of hydrogen-bond acceptors (Lipinski definition) is 4. The van der Waals surface area contributed by atoms with E-state index in [2.05, 4.69) is 4.98 Å². The maximum atomic E-state index is 11.1. The number of benzene rings is 1. The average Bonchev–Trinajstić information content (AvgIpc) is 2.79. The van der Waals surface area contributed by atoms with Crippen molar-refractivity contribution in [3.05, 3.63) is 35.0 Å². The zero-order chi connectivity index (χ0) is 13.8. The Morgan fingerprint density at radius 1 is 1.37 bits per heavy atom. The topological polar surface area (TPSA) is 59.4 Å². The summed E-state index contributed by atoms with van der Waals surface area (Å²) >= 11 is 1.39. The van der Waals surface area contributed by atoms with Gasteiger partial charge in [-0.1, -0.05) is 6.92 Å². The van der Waals surface area contributed by atoms with Gasteiger partial charge in [-0.15, -0.1) is 11.3 Å². The number of ether oxygens (including phenoxy) is 1. The van der Waals surface area contributed by atoms with Crippen LogP contribution < -0.4 is 4.74 Å². The molecule has 0 aliphatic heterocycles. The molecule has 0 aliphatic rings. The average molecular weight is 277 g/mol. The number of thiazole rings is 1. The van der Waals surface area contributed by atoms with Crippen molar-refractivity contribution >= 4 is 17.3 Å². The van der Waals surface area contributed by atoms with Crippen LogP contribution in [0.15, 0.2) is 24.3 Å². The van der Waals surface area contributed by atoms with Gasteiger partial charge in [-0.25, -0.2) is 9.78 Å². The first-order chi connectivity index (χ1) is 9.11. The molecule has 0 aliphatic carbocycles. The normalized spacial score (nSPS) is 10.4. The first kappa shape index (κ1) is 13.5. The molecule has 0 fully saturated rings. The van der Waals surface area contributed by atoms with Crippen LogP contribution in [0.1, 0.15) is 28.8 Å². The molecule has 0 atom stereocenters. The van der Waals surface area contributed by atoms with E-state index in [1.807, 2.05) is 31.2 Å². The lowest BCUT2D eigenvalue weighted by Gasteiger charge is -2.05. The van der Waals surface area contributed by atoms with Crippen LogP contribution in [-0.4, -0.2) is 22.7 Å². The molecule has 1 aromatic heterocycles. The second-order valence-electron chi connectivity index (χ2n) is 4.09. The highest BCUT2D eigenvalue weighted by Crippen LogP contribution is 2.31. The molecular weight excluding hydrogens is 262 g/mol. The third-order valence-electron chi connectivity index (χ3n) is 2.53. The second kappa shape index (κ2) is 5.84. The van der Waals surface area contributed by atoms with Gasteiger partial charge in [0, 0.05) is 0 Å². The Labute approximate surface area is 115 Å². The van der Waals surface area contributed by atoms with Crippen molar-refractivity contribution in [2.75, 3.05) is 6.61 Å². The first-order valence-electron chi connectivity index (χ1n) is 6.05. The summed E-state index contributed by atoms with van der Waals surface area (Å²) in [4.78, 5) is 15.9. The fourth-order valence-electron chi connectivity index (χ4n) is 1.69. The van der Waals surface area contributed by atoms with Crippen molar-refractivity contribution in [2.45, 2.75) is 20.3 Å². The summed E-state index contributed by atoms with van der Waals surface area (Å²) in [6.45, 7) is 4.53. The lowest BCUT2D eigenvalue weighted by atomic mass is 10.1. The molecule has 4 nitrogen and oxygen atoms in total. The summed E-state index contributed by atoms with van der Waals surface area (Å²) in [7, 11) is 0. The summed E-state index contributed by atoms with van der Waals surface area (Å²) in [5, 5.41) is 9.88. The highest BCUT2D eigenvalue weighted by atomic mass is 32.1. The number of carboxylic acid groups (broad SMARTS) is 1. The maximum Gasteiger partial charge on any atom is 0.356 e. The number of rotatable bonds is 5. The molecule has 0 bridgehead atoms. The van der Waals surface area contributed by atoms with Crippen molar-refractivity contribution in [1.82, 2.24) is 4.98 Å². The van der Waals surface area contributed by atoms with E-state index >= 15 is 0 Å². The minimum atomic E-state index is -0.995. The quantitative estimate of drug-likeness (QED) is 0.907. The van der Waals surface area contributed by atoms with Gasteiger partial charge in [0.05, 0.1) is 16.5 Å². The molecule has 0 unspecified atom stereocenters. The lowest BCUT2D eigenvalue weighted by molar-refractivity contribution is 0.0692. The van der Waals surface area contributed by atoms with Crippen LogP contribution in [0.25, 0.3) is 10.4 Å². The fraction of sp³-hybridized carbons (Fsp3) is 0.286. The van der Waals surface area contributed by atoms with E-state index in [0.717, 1.165) is 22.7 Å². The Balaban J connectivity index is 2.29. The van der Waals surface area contributed by atoms with Gasteiger partial charge in [0.15, 0.2) is 5.69 Å². The van der Waals surface area contributed by atoms with Crippen LogP contribution in [0.2, 0.25) is 0 Å². The lowest BCUT2D eigenvalue weighted by Crippen LogP contribution is -1.99. The zero-order valence-electron chi connectivity index (χ0n) is 10.8. The molecular formula is C14H15NO3S. The largest absolute Gasteiger partial charge is 0.494 e. The monoisotopic (exact) mass is 277 g/mol. The van der Waals surface area contributed by atoms with Gasteiger partial charge in [0.25, 0.3) is 0 Å². The van der Waals surface area contributed by atoms with E-state index in [4.69, 9.17) is 9.84 Å². The number of aromatic carboxylic acids is 1. The van der Waals surface area contributed by atoms with Gasteiger partial charge in [-0.05, 0) is 43.2 Å². The Kier molecular flexibility index (Phi) is 4.16. The van der Waals surface area contributed by atoms with Gasteiger partial charge < -0.3 is 9.84 Å². The zero-order valence-corrected chi connectivity index (χ0v) is 11.7. The summed E-state index contributed by atoms with van der Waals surface area (Å²) in [6.07, 6.45) is 0.957. The molecule has 2 rings (SSSR count). The van der Waals surface area contributed by atoms with E-state index in [9.17, 15) is 4.79 Å². The Hall–Kier alpha value is -1.88. The van der Waals surface area contributed by atoms with Crippen LogP contribution >= 0.6 is 11.3 Å². The van der Waals surface area contributed by atoms with Crippen molar-refractivity contribution in [2.24, 2.45) is 0 Å². The third-order valence-corrected chi connectivity index (χ3v) is 3.55. The van der Waals surface area contributed by atoms with Crippen LogP contribution in [0.5, 0.6) is 5.75 Å². The predicted octanol–water partition coefficient (Wildman–Crippen LogP) is 3.61. The summed E-state index contributed by atoms with van der Waals surface area (Å²) < 4.78 is 5.50. The Morgan fingerprint density at radius 2 is 2.05 bits per heavy atom. The minimum absolute atomic E-state index is 0.115. The number of carboxylic acids is 1. The molecule has 1 heterocycles. The first-order valence-corrected chi connectivity index (χ1v) is 6.87. The highest BCUT2D eigenvalue weighted by Gasteiger charge is 2.17. The minimum Gasteiger partial charge on any atom is -0.494 e. The van der Waals surface area contributed by atoms with Crippen LogP contribution in [-0.2, 0) is 0 Å². The van der Waals surface area contributed by atoms with Crippen molar-refractivity contribution in [3.63, 3.8) is 0 Å². The van der Waals surface area contributed by atoms with Crippen molar-refractivity contribution in [1.29, 1.82) is 0 Å². The molecule has 0 radical (unpaired) electrons. The third kappa shape index (κ3) is 3.12. The molecule has 0 saturated heterocycles. The number of aryl methyl sites for hydroxylation is 1. The smallest absolute Gasteiger partial charge is 0.356 e. The molecule has 0 spiro atoms. The van der Waals surface area contributed by atoms with Crippen LogP contribution in [0.4, 0.5) is 0 Å². The van der Waals surface area contributed by atoms with Gasteiger partial charge in [0.1, 0.15) is 5.75 Å². The molecule has 2 aromatic rings. The van der Waals surface area contributed by atoms with Gasteiger partial charge >= 0.3 is 5.97 Å². The molecule has 19 heavy (non-hydrogen) atoms. The summed E-state index contributed by atoms with van der Waals surface area (Å²) in [6, 6.07) is 7.44. The number of carbonyl (C=O) groups is 1. The Morgan fingerprint density at radius 3 is 2.63 bits per heavy atom. The van der Waals surface area contributed by atoms with Crippen molar-refractivity contribution < 1.29 is 14.6 Å². The Bertz CT molecular complexity index is 575.